The summed E-state index contributed by atoms with van der Waals surface area (Å²) in [5.74, 6) is 0. The lowest BCUT2D eigenvalue weighted by molar-refractivity contribution is 1.25. The molecular weight excluding hydrogens is 326 g/mol. The Labute approximate surface area is 149 Å². The highest BCUT2D eigenvalue weighted by atomic mass is 31.0. The molecule has 0 aliphatic heterocycles. The third-order valence-corrected chi connectivity index (χ3v) is 5.03. The molecule has 2 unspecified atom stereocenters. The van der Waals surface area contributed by atoms with E-state index in [1.807, 2.05) is 0 Å². The molecule has 0 radical (unpaired) electrons. The number of rotatable bonds is 4. The minimum absolute atomic E-state index is 0.956. The molecule has 0 amide bonds. The monoisotopic (exact) mass is 348 g/mol. The second kappa shape index (κ2) is 7.43. The van der Waals surface area contributed by atoms with Crippen molar-refractivity contribution < 1.29 is 0 Å². The number of hydrogen-bond acceptors (Lipinski definition) is 0. The van der Waals surface area contributed by atoms with Gasteiger partial charge in [-0.2, -0.15) is 0 Å². The van der Waals surface area contributed by atoms with Gasteiger partial charge >= 0.3 is 0 Å². The smallest absolute Gasteiger partial charge is 0.0172 e. The molecule has 0 saturated carbocycles. The zero-order valence-corrected chi connectivity index (χ0v) is 16.2. The molecule has 2 heteroatoms. The Hall–Kier alpha value is -1.74. The van der Waals surface area contributed by atoms with Crippen LogP contribution in [0.1, 0.15) is 18.9 Å². The molecule has 2 atom stereocenters. The minimum Gasteiger partial charge on any atom is -0.106 e. The molecule has 0 fully saturated rings. The van der Waals surface area contributed by atoms with Gasteiger partial charge in [-0.25, -0.2) is 0 Å². The largest absolute Gasteiger partial charge is 0.106 e. The van der Waals surface area contributed by atoms with Crippen molar-refractivity contribution >= 4 is 34.7 Å². The number of hydrogen-bond donors (Lipinski definition) is 0. The second-order valence-electron chi connectivity index (χ2n) is 6.00. The van der Waals surface area contributed by atoms with E-state index in [9.17, 15) is 0 Å². The Balaban J connectivity index is 2.14. The van der Waals surface area contributed by atoms with E-state index in [4.69, 9.17) is 0 Å². The fraction of sp³-hybridized carbons (Fsp3) is 0.0909. The summed E-state index contributed by atoms with van der Waals surface area (Å²) in [4.78, 5) is 0. The van der Waals surface area contributed by atoms with Crippen molar-refractivity contribution in [2.75, 3.05) is 0 Å². The summed E-state index contributed by atoms with van der Waals surface area (Å²) < 4.78 is 0. The molecule has 0 spiro atoms. The topological polar surface area (TPSA) is 0 Å². The van der Waals surface area contributed by atoms with E-state index in [0.29, 0.717) is 0 Å². The van der Waals surface area contributed by atoms with Crippen LogP contribution in [-0.2, 0) is 0 Å². The Morgan fingerprint density at radius 2 is 1.12 bits per heavy atom. The van der Waals surface area contributed by atoms with Crippen LogP contribution < -0.4 is 10.6 Å². The molecule has 0 aliphatic carbocycles. The zero-order valence-electron chi connectivity index (χ0n) is 13.9. The summed E-state index contributed by atoms with van der Waals surface area (Å²) in [6, 6.07) is 24.0. The van der Waals surface area contributed by atoms with Gasteiger partial charge < -0.3 is 0 Å². The molecule has 0 heterocycles. The molecule has 0 aliphatic rings. The first-order chi connectivity index (χ1) is 11.6. The predicted octanol–water partition coefficient (Wildman–Crippen LogP) is 5.44. The third kappa shape index (κ3) is 3.84. The van der Waals surface area contributed by atoms with Crippen molar-refractivity contribution in [3.8, 4) is 22.3 Å². The standard InChI is InChI=1S/C22H22P2/c1-3-15(2)18-12-19(16-4-8-21(23)9-5-16)14-20(13-18)17-6-10-22(24)11-7-17/h4-14H,2-3,23-24H2,1H3. The molecule has 24 heavy (non-hydrogen) atoms. The van der Waals surface area contributed by atoms with Crippen LogP contribution in [0.3, 0.4) is 0 Å². The van der Waals surface area contributed by atoms with E-state index >= 15 is 0 Å². The Kier molecular flexibility index (Phi) is 5.30. The highest BCUT2D eigenvalue weighted by molar-refractivity contribution is 7.27. The van der Waals surface area contributed by atoms with Gasteiger partial charge in [0.2, 0.25) is 0 Å². The van der Waals surface area contributed by atoms with Crippen LogP contribution in [0.2, 0.25) is 0 Å². The van der Waals surface area contributed by atoms with Crippen molar-refractivity contribution in [1.82, 2.24) is 0 Å². The van der Waals surface area contributed by atoms with E-state index in [2.05, 4.69) is 98.7 Å². The average molecular weight is 348 g/mol. The maximum Gasteiger partial charge on any atom is -0.0172 e. The quantitative estimate of drug-likeness (QED) is 0.551. The van der Waals surface area contributed by atoms with Crippen LogP contribution in [-0.4, -0.2) is 0 Å². The Bertz CT molecular complexity index is 796. The first-order valence-corrected chi connectivity index (χ1v) is 9.27. The van der Waals surface area contributed by atoms with Crippen LogP contribution in [0.4, 0.5) is 0 Å². The van der Waals surface area contributed by atoms with E-state index in [1.165, 1.54) is 44.0 Å². The van der Waals surface area contributed by atoms with Crippen molar-refractivity contribution in [3.63, 3.8) is 0 Å². The van der Waals surface area contributed by atoms with Gasteiger partial charge in [0.05, 0.1) is 0 Å². The fourth-order valence-electron chi connectivity index (χ4n) is 2.72. The van der Waals surface area contributed by atoms with Gasteiger partial charge in [0.1, 0.15) is 0 Å². The maximum absolute atomic E-state index is 4.23. The molecule has 120 valence electrons. The number of benzene rings is 3. The summed E-state index contributed by atoms with van der Waals surface area (Å²) in [5, 5.41) is 2.40. The number of allylic oxidation sites excluding steroid dienone is 1. The Morgan fingerprint density at radius 3 is 1.50 bits per heavy atom. The molecule has 3 aromatic rings. The van der Waals surface area contributed by atoms with Gasteiger partial charge in [-0.1, -0.05) is 62.0 Å². The van der Waals surface area contributed by atoms with Crippen LogP contribution in [0.25, 0.3) is 27.8 Å². The zero-order chi connectivity index (χ0) is 17.1. The van der Waals surface area contributed by atoms with Crippen LogP contribution in [0.5, 0.6) is 0 Å². The van der Waals surface area contributed by atoms with Crippen molar-refractivity contribution in [2.45, 2.75) is 13.3 Å². The van der Waals surface area contributed by atoms with E-state index in [0.717, 1.165) is 6.42 Å². The van der Waals surface area contributed by atoms with E-state index in [1.54, 1.807) is 0 Å². The van der Waals surface area contributed by atoms with Crippen LogP contribution in [0, 0.1) is 0 Å². The predicted molar refractivity (Wildman–Crippen MR) is 115 cm³/mol. The SMILES string of the molecule is C=C(CC)c1cc(-c2ccc(P)cc2)cc(-c2ccc(P)cc2)c1. The van der Waals surface area contributed by atoms with Gasteiger partial charge in [0.15, 0.2) is 0 Å². The van der Waals surface area contributed by atoms with Crippen LogP contribution >= 0.6 is 18.5 Å². The summed E-state index contributed by atoms with van der Waals surface area (Å²) in [7, 11) is 5.47. The summed E-state index contributed by atoms with van der Waals surface area (Å²) in [6.07, 6.45) is 0.956. The summed E-state index contributed by atoms with van der Waals surface area (Å²) in [6.45, 7) is 6.39. The van der Waals surface area contributed by atoms with Gasteiger partial charge in [-0.3, -0.25) is 0 Å². The lowest BCUT2D eigenvalue weighted by Crippen LogP contribution is -1.92. The third-order valence-electron chi connectivity index (χ3n) is 4.26. The van der Waals surface area contributed by atoms with E-state index in [-0.39, 0.29) is 0 Å². The fourth-order valence-corrected chi connectivity index (χ4v) is 3.11. The van der Waals surface area contributed by atoms with Crippen LogP contribution in [0.15, 0.2) is 73.3 Å². The molecule has 3 rings (SSSR count). The minimum atomic E-state index is 0.956. The molecule has 0 bridgehead atoms. The molecule has 0 nitrogen and oxygen atoms in total. The van der Waals surface area contributed by atoms with Crippen molar-refractivity contribution in [3.05, 3.63) is 78.9 Å². The summed E-state index contributed by atoms with van der Waals surface area (Å²) >= 11 is 0. The lowest BCUT2D eigenvalue weighted by atomic mass is 9.93. The van der Waals surface area contributed by atoms with Gasteiger partial charge in [-0.05, 0) is 68.6 Å². The second-order valence-corrected chi connectivity index (χ2v) is 7.33. The van der Waals surface area contributed by atoms with Gasteiger partial charge in [0.25, 0.3) is 0 Å². The highest BCUT2D eigenvalue weighted by Gasteiger charge is 2.07. The molecule has 0 aromatic heterocycles. The van der Waals surface area contributed by atoms with Crippen molar-refractivity contribution in [1.29, 1.82) is 0 Å². The first kappa shape index (κ1) is 17.1. The Morgan fingerprint density at radius 1 is 0.708 bits per heavy atom. The molecular formula is C22H22P2. The molecule has 0 N–H and O–H groups in total. The first-order valence-electron chi connectivity index (χ1n) is 8.12. The highest BCUT2D eigenvalue weighted by Crippen LogP contribution is 2.31. The van der Waals surface area contributed by atoms with Gasteiger partial charge in [-0.15, -0.1) is 18.5 Å². The maximum atomic E-state index is 4.23. The normalized spacial score (nSPS) is 10.6. The molecule has 3 aromatic carbocycles. The van der Waals surface area contributed by atoms with E-state index < -0.39 is 0 Å². The molecule has 0 saturated heterocycles. The summed E-state index contributed by atoms with van der Waals surface area (Å²) in [5.41, 5.74) is 7.32. The van der Waals surface area contributed by atoms with Gasteiger partial charge in [0, 0.05) is 0 Å². The lowest BCUT2D eigenvalue weighted by Gasteiger charge is -2.12. The average Bonchev–Trinajstić information content (AvgIpc) is 2.62. The van der Waals surface area contributed by atoms with Crippen molar-refractivity contribution in [2.24, 2.45) is 0 Å².